The van der Waals surface area contributed by atoms with Gasteiger partial charge < -0.3 is 0 Å². The lowest BCUT2D eigenvalue weighted by Crippen LogP contribution is -2.47. The molecule has 0 aliphatic carbocycles. The van der Waals surface area contributed by atoms with E-state index in [1.807, 2.05) is 6.92 Å². The number of rotatable bonds is 4. The van der Waals surface area contributed by atoms with E-state index in [-0.39, 0.29) is 16.0 Å². The summed E-state index contributed by atoms with van der Waals surface area (Å²) in [4.78, 5) is 25.1. The molecule has 1 heterocycles. The van der Waals surface area contributed by atoms with Crippen LogP contribution in [0.5, 0.6) is 0 Å². The molecule has 0 unspecified atom stereocenters. The van der Waals surface area contributed by atoms with Gasteiger partial charge in [-0.1, -0.05) is 64.0 Å². The van der Waals surface area contributed by atoms with E-state index in [9.17, 15) is 23.3 Å². The molecule has 0 aromatic heterocycles. The second kappa shape index (κ2) is 7.90. The quantitative estimate of drug-likeness (QED) is 0.383. The van der Waals surface area contributed by atoms with E-state index in [1.165, 1.54) is 24.3 Å². The maximum Gasteiger partial charge on any atom is 0.269 e. The molecule has 0 saturated carbocycles. The van der Waals surface area contributed by atoms with Crippen LogP contribution in [0.15, 0.2) is 82.2 Å². The number of benzene rings is 3. The van der Waals surface area contributed by atoms with Crippen molar-refractivity contribution < 1.29 is 18.1 Å². The molecule has 7 nitrogen and oxygen atoms in total. The van der Waals surface area contributed by atoms with Gasteiger partial charge in [-0.2, -0.15) is 0 Å². The summed E-state index contributed by atoms with van der Waals surface area (Å²) in [6.45, 7) is 1.81. The molecular weight excluding hydrogens is 484 g/mol. The van der Waals surface area contributed by atoms with Gasteiger partial charge in [0.1, 0.15) is 6.04 Å². The molecular formula is C22H17BrN2O5S. The SMILES string of the molecule is Cc1ccc(S(=O)(=O)N2C(=O)c3ccc(Br)cc3[C@H]([N+](=O)[O-])[C@H]2c2ccccc2)cc1. The monoisotopic (exact) mass is 500 g/mol. The van der Waals surface area contributed by atoms with Crippen molar-refractivity contribution in [2.45, 2.75) is 23.9 Å². The summed E-state index contributed by atoms with van der Waals surface area (Å²) in [6.07, 6.45) is 0. The highest BCUT2D eigenvalue weighted by Gasteiger charge is 2.52. The van der Waals surface area contributed by atoms with Gasteiger partial charge in [0.05, 0.1) is 10.5 Å². The maximum atomic E-state index is 13.6. The first-order valence-corrected chi connectivity index (χ1v) is 11.6. The highest BCUT2D eigenvalue weighted by atomic mass is 79.9. The smallest absolute Gasteiger partial charge is 0.268 e. The van der Waals surface area contributed by atoms with Crippen molar-refractivity contribution in [3.05, 3.63) is 110 Å². The number of hydrogen-bond donors (Lipinski definition) is 0. The van der Waals surface area contributed by atoms with E-state index < -0.39 is 32.9 Å². The van der Waals surface area contributed by atoms with Crippen molar-refractivity contribution in [1.29, 1.82) is 0 Å². The van der Waals surface area contributed by atoms with Crippen molar-refractivity contribution in [2.24, 2.45) is 0 Å². The van der Waals surface area contributed by atoms with Gasteiger partial charge >= 0.3 is 0 Å². The lowest BCUT2D eigenvalue weighted by atomic mass is 9.87. The van der Waals surface area contributed by atoms with E-state index in [0.717, 1.165) is 5.56 Å². The standard InChI is InChI=1S/C22H17BrN2O5S/c1-14-7-10-17(11-8-14)31(29,30)24-20(15-5-3-2-4-6-15)21(25(27)28)19-13-16(23)9-12-18(19)22(24)26/h2-13,20-21H,1H3/t20-,21+/m1/s1. The summed E-state index contributed by atoms with van der Waals surface area (Å²) >= 11 is 3.30. The van der Waals surface area contributed by atoms with Crippen LogP contribution in [-0.2, 0) is 10.0 Å². The number of carbonyl (C=O) groups is 1. The predicted molar refractivity (Wildman–Crippen MR) is 118 cm³/mol. The number of aryl methyl sites for hydroxylation is 1. The van der Waals surface area contributed by atoms with Gasteiger partial charge in [0.2, 0.25) is 0 Å². The molecule has 1 amide bonds. The molecule has 0 N–H and O–H groups in total. The van der Waals surface area contributed by atoms with Crippen LogP contribution in [0, 0.1) is 17.0 Å². The third-order valence-corrected chi connectivity index (χ3v) is 7.53. The minimum atomic E-state index is -4.38. The summed E-state index contributed by atoms with van der Waals surface area (Å²) in [5, 5.41) is 12.2. The summed E-state index contributed by atoms with van der Waals surface area (Å²) in [5.74, 6) is -0.796. The Morgan fingerprint density at radius 2 is 1.65 bits per heavy atom. The van der Waals surface area contributed by atoms with Crippen LogP contribution in [0.3, 0.4) is 0 Å². The Labute approximate surface area is 187 Å². The molecule has 0 bridgehead atoms. The van der Waals surface area contributed by atoms with Crippen molar-refractivity contribution in [1.82, 2.24) is 4.31 Å². The topological polar surface area (TPSA) is 97.6 Å². The Bertz CT molecular complexity index is 1280. The van der Waals surface area contributed by atoms with Crippen molar-refractivity contribution in [2.75, 3.05) is 0 Å². The van der Waals surface area contributed by atoms with Crippen LogP contribution in [-0.4, -0.2) is 23.6 Å². The molecule has 0 fully saturated rings. The molecule has 158 valence electrons. The van der Waals surface area contributed by atoms with Crippen LogP contribution >= 0.6 is 15.9 Å². The van der Waals surface area contributed by atoms with Gasteiger partial charge in [0.25, 0.3) is 22.0 Å². The first kappa shape index (κ1) is 21.2. The Balaban J connectivity index is 2.01. The number of carbonyl (C=O) groups excluding carboxylic acids is 1. The largest absolute Gasteiger partial charge is 0.269 e. The Morgan fingerprint density at radius 3 is 2.26 bits per heavy atom. The number of hydrogen-bond acceptors (Lipinski definition) is 5. The van der Waals surface area contributed by atoms with Crippen LogP contribution in [0.1, 0.15) is 39.1 Å². The molecule has 1 aliphatic rings. The molecule has 2 atom stereocenters. The van der Waals surface area contributed by atoms with Gasteiger partial charge in [-0.25, -0.2) is 12.7 Å². The zero-order valence-corrected chi connectivity index (χ0v) is 18.7. The van der Waals surface area contributed by atoms with Crippen LogP contribution in [0.25, 0.3) is 0 Å². The Hall–Kier alpha value is -3.04. The number of halogens is 1. The molecule has 9 heteroatoms. The van der Waals surface area contributed by atoms with Gasteiger partial charge in [0, 0.05) is 15.0 Å². The molecule has 3 aromatic carbocycles. The summed E-state index contributed by atoms with van der Waals surface area (Å²) in [6, 6.07) is 15.9. The number of fused-ring (bicyclic) bond motifs is 1. The Kier molecular flexibility index (Phi) is 5.40. The molecule has 1 aliphatic heterocycles. The van der Waals surface area contributed by atoms with E-state index >= 15 is 0 Å². The molecule has 0 saturated heterocycles. The summed E-state index contributed by atoms with van der Waals surface area (Å²) in [5.41, 5.74) is 1.38. The van der Waals surface area contributed by atoms with Crippen LogP contribution < -0.4 is 0 Å². The second-order valence-corrected chi connectivity index (χ2v) is 9.97. The predicted octanol–water partition coefficient (Wildman–Crippen LogP) is 4.66. The van der Waals surface area contributed by atoms with E-state index in [1.54, 1.807) is 48.5 Å². The number of nitro groups is 1. The maximum absolute atomic E-state index is 13.6. The molecule has 31 heavy (non-hydrogen) atoms. The summed E-state index contributed by atoms with van der Waals surface area (Å²) in [7, 11) is -4.38. The highest BCUT2D eigenvalue weighted by Crippen LogP contribution is 2.46. The minimum absolute atomic E-state index is 0.00670. The zero-order chi connectivity index (χ0) is 22.3. The van der Waals surface area contributed by atoms with Gasteiger partial charge in [-0.05, 0) is 42.8 Å². The first-order chi connectivity index (χ1) is 14.7. The molecule has 3 aromatic rings. The molecule has 4 rings (SSSR count). The normalized spacial score (nSPS) is 18.5. The number of nitrogens with zero attached hydrogens (tertiary/aromatic N) is 2. The van der Waals surface area contributed by atoms with Gasteiger partial charge in [-0.3, -0.25) is 14.9 Å². The minimum Gasteiger partial charge on any atom is -0.268 e. The lowest BCUT2D eigenvalue weighted by Gasteiger charge is -2.37. The third-order valence-electron chi connectivity index (χ3n) is 5.26. The van der Waals surface area contributed by atoms with Crippen molar-refractivity contribution in [3.63, 3.8) is 0 Å². The average molecular weight is 501 g/mol. The van der Waals surface area contributed by atoms with E-state index in [2.05, 4.69) is 15.9 Å². The fourth-order valence-corrected chi connectivity index (χ4v) is 5.73. The molecule has 0 radical (unpaired) electrons. The third kappa shape index (κ3) is 3.64. The van der Waals surface area contributed by atoms with E-state index in [0.29, 0.717) is 14.3 Å². The first-order valence-electron chi connectivity index (χ1n) is 9.35. The van der Waals surface area contributed by atoms with E-state index in [4.69, 9.17) is 0 Å². The van der Waals surface area contributed by atoms with Crippen molar-refractivity contribution in [3.8, 4) is 0 Å². The average Bonchev–Trinajstić information content (AvgIpc) is 2.73. The fraction of sp³-hybridized carbons (Fsp3) is 0.136. The number of sulfonamides is 1. The summed E-state index contributed by atoms with van der Waals surface area (Å²) < 4.78 is 28.4. The van der Waals surface area contributed by atoms with Crippen molar-refractivity contribution >= 4 is 31.9 Å². The molecule has 0 spiro atoms. The Morgan fingerprint density at radius 1 is 1.00 bits per heavy atom. The lowest BCUT2D eigenvalue weighted by molar-refractivity contribution is -0.537. The van der Waals surface area contributed by atoms with Crippen LogP contribution in [0.2, 0.25) is 0 Å². The number of amides is 1. The highest BCUT2D eigenvalue weighted by molar-refractivity contribution is 9.10. The second-order valence-electron chi connectivity index (χ2n) is 7.24. The van der Waals surface area contributed by atoms with Crippen LogP contribution in [0.4, 0.5) is 0 Å². The zero-order valence-electron chi connectivity index (χ0n) is 16.3. The fourth-order valence-electron chi connectivity index (χ4n) is 3.80. The van der Waals surface area contributed by atoms with Gasteiger partial charge in [0.15, 0.2) is 0 Å². The van der Waals surface area contributed by atoms with Gasteiger partial charge in [-0.15, -0.1) is 0 Å².